The van der Waals surface area contributed by atoms with Gasteiger partial charge in [0.25, 0.3) is 5.91 Å². The number of hydrogen-bond acceptors (Lipinski definition) is 5. The number of methoxy groups -OCH3 is 1. The predicted octanol–water partition coefficient (Wildman–Crippen LogP) is 6.30. The van der Waals surface area contributed by atoms with Gasteiger partial charge in [0.2, 0.25) is 0 Å². The van der Waals surface area contributed by atoms with Crippen molar-refractivity contribution in [3.8, 4) is 22.1 Å². The van der Waals surface area contributed by atoms with Crippen molar-refractivity contribution in [3.63, 3.8) is 0 Å². The van der Waals surface area contributed by atoms with Crippen LogP contribution >= 0.6 is 22.9 Å². The molecule has 0 aliphatic carbocycles. The number of carbonyl (C=O) groups is 1. The van der Waals surface area contributed by atoms with Crippen molar-refractivity contribution in [2.75, 3.05) is 12.4 Å². The van der Waals surface area contributed by atoms with Crippen LogP contribution in [0, 0.1) is 0 Å². The minimum absolute atomic E-state index is 0.271. The summed E-state index contributed by atoms with van der Waals surface area (Å²) >= 11 is 7.34. The Morgan fingerprint density at radius 1 is 1.03 bits per heavy atom. The highest BCUT2D eigenvalue weighted by molar-refractivity contribution is 7.13. The lowest BCUT2D eigenvalue weighted by Crippen LogP contribution is -2.12. The molecule has 4 aromatic rings. The molecule has 4 rings (SSSR count). The van der Waals surface area contributed by atoms with Crippen molar-refractivity contribution >= 4 is 34.5 Å². The zero-order valence-corrected chi connectivity index (χ0v) is 18.2. The van der Waals surface area contributed by atoms with Crippen molar-refractivity contribution in [1.82, 2.24) is 4.98 Å². The minimum Gasteiger partial charge on any atom is -0.497 e. The molecule has 1 N–H and O–H groups in total. The Morgan fingerprint density at radius 2 is 1.77 bits per heavy atom. The third kappa shape index (κ3) is 5.23. The molecular weight excluding hydrogens is 432 g/mol. The monoisotopic (exact) mass is 450 g/mol. The van der Waals surface area contributed by atoms with Crippen LogP contribution in [0.5, 0.6) is 11.5 Å². The lowest BCUT2D eigenvalue weighted by molar-refractivity contribution is 0.102. The molecule has 0 radical (unpaired) electrons. The van der Waals surface area contributed by atoms with E-state index in [1.54, 1.807) is 36.8 Å². The van der Waals surface area contributed by atoms with Gasteiger partial charge in [-0.05, 0) is 54.1 Å². The summed E-state index contributed by atoms with van der Waals surface area (Å²) in [6.07, 6.45) is 0. The van der Waals surface area contributed by atoms with Crippen molar-refractivity contribution < 1.29 is 14.3 Å². The van der Waals surface area contributed by atoms with Crippen LogP contribution in [0.4, 0.5) is 5.69 Å². The molecule has 0 saturated heterocycles. The number of halogens is 1. The van der Waals surface area contributed by atoms with E-state index < -0.39 is 0 Å². The van der Waals surface area contributed by atoms with E-state index in [-0.39, 0.29) is 5.91 Å². The third-order valence-corrected chi connectivity index (χ3v) is 5.64. The standard InChI is InChI=1S/C24H19ClN2O3S/c1-29-19-12-10-18(11-13-19)26-23(28)21-15-31-24(27-21)20-4-2-3-5-22(20)30-14-16-6-8-17(25)9-7-16/h2-13,15H,14H2,1H3,(H,26,28). The van der Waals surface area contributed by atoms with E-state index in [1.165, 1.54) is 11.3 Å². The molecule has 0 bridgehead atoms. The van der Waals surface area contributed by atoms with Crippen LogP contribution in [-0.2, 0) is 6.61 Å². The highest BCUT2D eigenvalue weighted by Gasteiger charge is 2.15. The van der Waals surface area contributed by atoms with Crippen LogP contribution in [0.1, 0.15) is 16.1 Å². The summed E-state index contributed by atoms with van der Waals surface area (Å²) in [7, 11) is 1.60. The van der Waals surface area contributed by atoms with E-state index in [2.05, 4.69) is 10.3 Å². The maximum absolute atomic E-state index is 12.6. The molecule has 31 heavy (non-hydrogen) atoms. The maximum atomic E-state index is 12.6. The van der Waals surface area contributed by atoms with Crippen molar-refractivity contribution in [2.24, 2.45) is 0 Å². The number of thiazole rings is 1. The molecule has 1 aromatic heterocycles. The molecule has 0 spiro atoms. The van der Waals surface area contributed by atoms with E-state index >= 15 is 0 Å². The van der Waals surface area contributed by atoms with Crippen LogP contribution in [0.2, 0.25) is 5.02 Å². The number of ether oxygens (including phenoxy) is 2. The fourth-order valence-electron chi connectivity index (χ4n) is 2.88. The average molecular weight is 451 g/mol. The van der Waals surface area contributed by atoms with Crippen LogP contribution in [0.25, 0.3) is 10.6 Å². The van der Waals surface area contributed by atoms with Gasteiger partial charge in [-0.2, -0.15) is 0 Å². The summed E-state index contributed by atoms with van der Waals surface area (Å²) in [6.45, 7) is 0.407. The first kappa shape index (κ1) is 20.9. The smallest absolute Gasteiger partial charge is 0.275 e. The molecule has 0 saturated carbocycles. The van der Waals surface area contributed by atoms with Crippen molar-refractivity contribution in [2.45, 2.75) is 6.61 Å². The lowest BCUT2D eigenvalue weighted by atomic mass is 10.2. The van der Waals surface area contributed by atoms with E-state index in [1.807, 2.05) is 48.5 Å². The normalized spacial score (nSPS) is 10.5. The van der Waals surface area contributed by atoms with Crippen LogP contribution in [0.15, 0.2) is 78.2 Å². The molecular formula is C24H19ClN2O3S. The van der Waals surface area contributed by atoms with Gasteiger partial charge in [-0.15, -0.1) is 11.3 Å². The average Bonchev–Trinajstić information content (AvgIpc) is 3.30. The highest BCUT2D eigenvalue weighted by atomic mass is 35.5. The Hall–Kier alpha value is -3.35. The Balaban J connectivity index is 1.48. The molecule has 7 heteroatoms. The number of nitrogens with one attached hydrogen (secondary N) is 1. The largest absolute Gasteiger partial charge is 0.497 e. The summed E-state index contributed by atoms with van der Waals surface area (Å²) in [5.74, 6) is 1.16. The molecule has 1 heterocycles. The van der Waals surface area contributed by atoms with Gasteiger partial charge in [-0.25, -0.2) is 4.98 Å². The van der Waals surface area contributed by atoms with Gasteiger partial charge in [0.1, 0.15) is 28.8 Å². The summed E-state index contributed by atoms with van der Waals surface area (Å²) < 4.78 is 11.2. The molecule has 0 aliphatic rings. The number of rotatable bonds is 7. The third-order valence-electron chi connectivity index (χ3n) is 4.51. The van der Waals surface area contributed by atoms with Crippen LogP contribution < -0.4 is 14.8 Å². The number of carbonyl (C=O) groups excluding carboxylic acids is 1. The summed E-state index contributed by atoms with van der Waals surface area (Å²) in [5, 5.41) is 5.99. The second-order valence-electron chi connectivity index (χ2n) is 6.63. The second-order valence-corrected chi connectivity index (χ2v) is 7.93. The van der Waals surface area contributed by atoms with Gasteiger partial charge in [-0.1, -0.05) is 35.9 Å². The lowest BCUT2D eigenvalue weighted by Gasteiger charge is -2.10. The Labute approximate surface area is 189 Å². The molecule has 1 amide bonds. The van der Waals surface area contributed by atoms with Crippen molar-refractivity contribution in [3.05, 3.63) is 94.5 Å². The number of aromatic nitrogens is 1. The molecule has 156 valence electrons. The number of benzene rings is 3. The molecule has 0 unspecified atom stereocenters. The van der Waals surface area contributed by atoms with Gasteiger partial charge in [0.15, 0.2) is 0 Å². The van der Waals surface area contributed by atoms with Crippen molar-refractivity contribution in [1.29, 1.82) is 0 Å². The second kappa shape index (κ2) is 9.64. The zero-order chi connectivity index (χ0) is 21.6. The maximum Gasteiger partial charge on any atom is 0.275 e. The molecule has 5 nitrogen and oxygen atoms in total. The molecule has 3 aromatic carbocycles. The summed E-state index contributed by atoms with van der Waals surface area (Å²) in [5.41, 5.74) is 2.87. The number of anilines is 1. The Kier molecular flexibility index (Phi) is 6.50. The Bertz CT molecular complexity index is 1170. The van der Waals surface area contributed by atoms with Gasteiger partial charge < -0.3 is 14.8 Å². The number of para-hydroxylation sites is 1. The van der Waals surface area contributed by atoms with E-state index in [4.69, 9.17) is 21.1 Å². The van der Waals surface area contributed by atoms with E-state index in [0.717, 1.165) is 16.9 Å². The first-order chi connectivity index (χ1) is 15.1. The fourth-order valence-corrected chi connectivity index (χ4v) is 3.84. The molecule has 0 aliphatic heterocycles. The number of hydrogen-bond donors (Lipinski definition) is 1. The van der Waals surface area contributed by atoms with E-state index in [0.29, 0.717) is 33.8 Å². The van der Waals surface area contributed by atoms with Crippen LogP contribution in [-0.4, -0.2) is 18.0 Å². The topological polar surface area (TPSA) is 60.5 Å². The number of amides is 1. The predicted molar refractivity (Wildman–Crippen MR) is 124 cm³/mol. The number of nitrogens with zero attached hydrogens (tertiary/aromatic N) is 1. The van der Waals surface area contributed by atoms with Crippen LogP contribution in [0.3, 0.4) is 0 Å². The van der Waals surface area contributed by atoms with Gasteiger partial charge in [-0.3, -0.25) is 4.79 Å². The Morgan fingerprint density at radius 3 is 2.52 bits per heavy atom. The molecule has 0 fully saturated rings. The SMILES string of the molecule is COc1ccc(NC(=O)c2csc(-c3ccccc3OCc3ccc(Cl)cc3)n2)cc1. The highest BCUT2D eigenvalue weighted by Crippen LogP contribution is 2.33. The summed E-state index contributed by atoms with van der Waals surface area (Å²) in [4.78, 5) is 17.1. The summed E-state index contributed by atoms with van der Waals surface area (Å²) in [6, 6.07) is 22.3. The first-order valence-corrected chi connectivity index (χ1v) is 10.8. The van der Waals surface area contributed by atoms with Gasteiger partial charge in [0.05, 0.1) is 12.7 Å². The first-order valence-electron chi connectivity index (χ1n) is 9.50. The minimum atomic E-state index is -0.271. The molecule has 0 atom stereocenters. The quantitative estimate of drug-likeness (QED) is 0.358. The zero-order valence-electron chi connectivity index (χ0n) is 16.7. The van der Waals surface area contributed by atoms with Gasteiger partial charge >= 0.3 is 0 Å². The van der Waals surface area contributed by atoms with E-state index in [9.17, 15) is 4.79 Å². The van der Waals surface area contributed by atoms with Gasteiger partial charge in [0, 0.05) is 16.1 Å². The fraction of sp³-hybridized carbons (Fsp3) is 0.0833.